The van der Waals surface area contributed by atoms with Gasteiger partial charge in [0.2, 0.25) is 0 Å². The molecule has 0 aliphatic heterocycles. The van der Waals surface area contributed by atoms with E-state index in [-0.39, 0.29) is 6.10 Å². The van der Waals surface area contributed by atoms with Gasteiger partial charge in [-0.15, -0.1) is 0 Å². The van der Waals surface area contributed by atoms with Crippen molar-refractivity contribution < 1.29 is 9.15 Å². The molecular weight excluding hydrogens is 351 g/mol. The lowest BCUT2D eigenvalue weighted by Crippen LogP contribution is -2.02. The van der Waals surface area contributed by atoms with Crippen molar-refractivity contribution in [1.82, 2.24) is 0 Å². The van der Waals surface area contributed by atoms with Crippen molar-refractivity contribution in [2.24, 2.45) is 0 Å². The molecule has 1 heterocycles. The van der Waals surface area contributed by atoms with E-state index in [0.717, 1.165) is 29.9 Å². The van der Waals surface area contributed by atoms with Gasteiger partial charge in [0.1, 0.15) is 11.5 Å². The number of benzene rings is 1. The van der Waals surface area contributed by atoms with E-state index in [4.69, 9.17) is 9.15 Å². The second-order valence-electron chi connectivity index (χ2n) is 4.92. The number of hydrogen-bond donors (Lipinski definition) is 0. The minimum absolute atomic E-state index is 0.186. The second-order valence-corrected chi connectivity index (χ2v) is 6.00. The molecule has 2 nitrogen and oxygen atoms in total. The highest BCUT2D eigenvalue weighted by Gasteiger charge is 2.27. The van der Waals surface area contributed by atoms with Crippen LogP contribution < -0.4 is 0 Å². The predicted octanol–water partition coefficient (Wildman–Crippen LogP) is 4.97. The highest BCUT2D eigenvalue weighted by Crippen LogP contribution is 2.41. The Balaban J connectivity index is 2.10. The molecule has 1 aromatic carbocycles. The minimum Gasteiger partial charge on any atom is -0.460 e. The van der Waals surface area contributed by atoms with Crippen LogP contribution in [0.25, 0.3) is 11.3 Å². The summed E-state index contributed by atoms with van der Waals surface area (Å²) in [7, 11) is 1.80. The fourth-order valence-corrected chi connectivity index (χ4v) is 3.81. The van der Waals surface area contributed by atoms with Crippen molar-refractivity contribution in [3.63, 3.8) is 0 Å². The summed E-state index contributed by atoms with van der Waals surface area (Å²) in [5, 5.41) is 0. The number of aryl methyl sites for hydroxylation is 1. The van der Waals surface area contributed by atoms with Gasteiger partial charge in [0.05, 0.1) is 9.67 Å². The van der Waals surface area contributed by atoms with Crippen LogP contribution in [0.2, 0.25) is 0 Å². The number of fused-ring (bicyclic) bond motifs is 1. The number of ether oxygens (including phenoxy) is 1. The molecule has 3 rings (SSSR count). The maximum absolute atomic E-state index is 6.15. The van der Waals surface area contributed by atoms with Crippen molar-refractivity contribution in [3.05, 3.63) is 45.2 Å². The Labute approximate surface area is 127 Å². The predicted molar refractivity (Wildman–Crippen MR) is 84.2 cm³/mol. The smallest absolute Gasteiger partial charge is 0.147 e. The molecule has 100 valence electrons. The molecule has 1 aliphatic rings. The Morgan fingerprint density at radius 3 is 2.74 bits per heavy atom. The van der Waals surface area contributed by atoms with Crippen LogP contribution in [-0.2, 0) is 11.2 Å². The van der Waals surface area contributed by atoms with Gasteiger partial charge in [-0.2, -0.15) is 0 Å². The summed E-state index contributed by atoms with van der Waals surface area (Å²) in [4.78, 5) is 0. The molecule has 0 spiro atoms. The summed E-state index contributed by atoms with van der Waals surface area (Å²) >= 11 is 2.40. The molecule has 0 N–H and O–H groups in total. The van der Waals surface area contributed by atoms with Gasteiger partial charge in [-0.25, -0.2) is 0 Å². The maximum Gasteiger partial charge on any atom is 0.147 e. The minimum atomic E-state index is 0.186. The normalized spacial score (nSPS) is 18.9. The van der Waals surface area contributed by atoms with Crippen molar-refractivity contribution in [2.45, 2.75) is 31.8 Å². The monoisotopic (exact) mass is 368 g/mol. The van der Waals surface area contributed by atoms with Gasteiger partial charge in [0.15, 0.2) is 0 Å². The molecule has 1 aliphatic carbocycles. The third-order valence-corrected chi connectivity index (χ3v) is 4.80. The fourth-order valence-electron chi connectivity index (χ4n) is 2.74. The fraction of sp³-hybridized carbons (Fsp3) is 0.375. The Hall–Kier alpha value is -0.810. The van der Waals surface area contributed by atoms with E-state index in [0.29, 0.717) is 0 Å². The summed E-state index contributed by atoms with van der Waals surface area (Å²) in [5.74, 6) is 2.11. The number of halogens is 1. The molecule has 1 atom stereocenters. The summed E-state index contributed by atoms with van der Waals surface area (Å²) in [6.45, 7) is 0. The molecule has 19 heavy (non-hydrogen) atoms. The highest BCUT2D eigenvalue weighted by molar-refractivity contribution is 14.1. The first-order valence-electron chi connectivity index (χ1n) is 6.70. The van der Waals surface area contributed by atoms with Gasteiger partial charge in [0, 0.05) is 24.7 Å². The first-order valence-corrected chi connectivity index (χ1v) is 7.78. The van der Waals surface area contributed by atoms with Crippen molar-refractivity contribution >= 4 is 22.6 Å². The molecule has 0 saturated heterocycles. The first-order chi connectivity index (χ1) is 9.31. The summed E-state index contributed by atoms with van der Waals surface area (Å²) in [5.41, 5.74) is 2.43. The lowest BCUT2D eigenvalue weighted by atomic mass is 10.1. The molecule has 0 saturated carbocycles. The lowest BCUT2D eigenvalue weighted by Gasteiger charge is -2.12. The molecule has 2 aromatic rings. The van der Waals surface area contributed by atoms with Crippen LogP contribution in [0.1, 0.15) is 36.7 Å². The van der Waals surface area contributed by atoms with Crippen LogP contribution in [0.15, 0.2) is 34.7 Å². The van der Waals surface area contributed by atoms with Crippen LogP contribution in [0, 0.1) is 3.57 Å². The third-order valence-electron chi connectivity index (χ3n) is 3.72. The number of methoxy groups -OCH3 is 1. The molecule has 1 aromatic heterocycles. The summed E-state index contributed by atoms with van der Waals surface area (Å²) in [6.07, 6.45) is 4.70. The van der Waals surface area contributed by atoms with E-state index >= 15 is 0 Å². The van der Waals surface area contributed by atoms with E-state index < -0.39 is 0 Å². The summed E-state index contributed by atoms with van der Waals surface area (Å²) in [6, 6.07) is 10.3. The van der Waals surface area contributed by atoms with Crippen LogP contribution in [0.5, 0.6) is 0 Å². The Morgan fingerprint density at radius 2 is 2.00 bits per heavy atom. The van der Waals surface area contributed by atoms with Crippen LogP contribution >= 0.6 is 22.6 Å². The Bertz CT molecular complexity index is 560. The molecule has 0 amide bonds. The van der Waals surface area contributed by atoms with Gasteiger partial charge in [-0.3, -0.25) is 0 Å². The zero-order valence-corrected chi connectivity index (χ0v) is 13.1. The zero-order valence-electron chi connectivity index (χ0n) is 11.0. The topological polar surface area (TPSA) is 22.4 Å². The number of hydrogen-bond acceptors (Lipinski definition) is 2. The van der Waals surface area contributed by atoms with E-state index in [9.17, 15) is 0 Å². The number of furan rings is 1. The Morgan fingerprint density at radius 1 is 1.21 bits per heavy atom. The van der Waals surface area contributed by atoms with Crippen molar-refractivity contribution in [3.8, 4) is 11.3 Å². The van der Waals surface area contributed by atoms with E-state index in [1.807, 2.05) is 18.2 Å². The Kier molecular flexibility index (Phi) is 3.93. The van der Waals surface area contributed by atoms with E-state index in [2.05, 4.69) is 34.7 Å². The van der Waals surface area contributed by atoms with Crippen LogP contribution in [0.3, 0.4) is 0 Å². The second kappa shape index (κ2) is 5.67. The van der Waals surface area contributed by atoms with Crippen molar-refractivity contribution in [2.75, 3.05) is 7.11 Å². The van der Waals surface area contributed by atoms with Gasteiger partial charge >= 0.3 is 0 Å². The zero-order chi connectivity index (χ0) is 13.2. The van der Waals surface area contributed by atoms with Gasteiger partial charge in [0.25, 0.3) is 0 Å². The standard InChI is InChI=1S/C16H17IO2/c1-18-12-9-5-6-10-13-14(12)15(17)16(19-13)11-7-3-2-4-8-11/h2-4,7-8,12H,5-6,9-10H2,1H3. The van der Waals surface area contributed by atoms with Crippen LogP contribution in [0.4, 0.5) is 0 Å². The molecular formula is C16H17IO2. The average Bonchev–Trinajstić information content (AvgIpc) is 2.66. The van der Waals surface area contributed by atoms with Crippen LogP contribution in [-0.4, -0.2) is 7.11 Å². The van der Waals surface area contributed by atoms with E-state index in [1.165, 1.54) is 22.0 Å². The number of rotatable bonds is 2. The molecule has 3 heteroatoms. The molecule has 0 radical (unpaired) electrons. The molecule has 0 bridgehead atoms. The highest BCUT2D eigenvalue weighted by atomic mass is 127. The van der Waals surface area contributed by atoms with Gasteiger partial charge < -0.3 is 9.15 Å². The van der Waals surface area contributed by atoms with Gasteiger partial charge in [-0.05, 0) is 35.4 Å². The van der Waals surface area contributed by atoms with Crippen molar-refractivity contribution in [1.29, 1.82) is 0 Å². The average molecular weight is 368 g/mol. The first kappa shape index (κ1) is 13.2. The maximum atomic E-state index is 6.15. The quantitative estimate of drug-likeness (QED) is 0.552. The third kappa shape index (κ3) is 2.46. The lowest BCUT2D eigenvalue weighted by molar-refractivity contribution is 0.0943. The SMILES string of the molecule is COC1CCCCc2oc(-c3ccccc3)c(I)c21. The van der Waals surface area contributed by atoms with Gasteiger partial charge in [-0.1, -0.05) is 36.8 Å². The molecule has 1 unspecified atom stereocenters. The summed E-state index contributed by atoms with van der Waals surface area (Å²) < 4.78 is 13.0. The van der Waals surface area contributed by atoms with E-state index in [1.54, 1.807) is 7.11 Å². The molecule has 0 fully saturated rings. The largest absolute Gasteiger partial charge is 0.460 e.